The summed E-state index contributed by atoms with van der Waals surface area (Å²) < 4.78 is 0. The van der Waals surface area contributed by atoms with E-state index in [-0.39, 0.29) is 13.0 Å². The van der Waals surface area contributed by atoms with Gasteiger partial charge in [0.25, 0.3) is 0 Å². The second-order valence-corrected chi connectivity index (χ2v) is 3.96. The summed E-state index contributed by atoms with van der Waals surface area (Å²) in [6.45, 7) is 3.07. The number of aliphatic hydroxyl groups is 1. The van der Waals surface area contributed by atoms with Gasteiger partial charge in [-0.05, 0) is 19.4 Å². The maximum atomic E-state index is 10.4. The summed E-state index contributed by atoms with van der Waals surface area (Å²) in [5.41, 5.74) is 0. The second kappa shape index (κ2) is 6.76. The van der Waals surface area contributed by atoms with Gasteiger partial charge in [0.2, 0.25) is 0 Å². The van der Waals surface area contributed by atoms with E-state index >= 15 is 0 Å². The van der Waals surface area contributed by atoms with Gasteiger partial charge in [0, 0.05) is 25.7 Å². The van der Waals surface area contributed by atoms with E-state index in [9.17, 15) is 4.79 Å². The molecule has 1 saturated heterocycles. The molecule has 1 fully saturated rings. The van der Waals surface area contributed by atoms with Gasteiger partial charge in [-0.25, -0.2) is 0 Å². The van der Waals surface area contributed by atoms with Crippen molar-refractivity contribution in [1.29, 1.82) is 0 Å². The molecule has 0 saturated carbocycles. The van der Waals surface area contributed by atoms with Gasteiger partial charge in [-0.3, -0.25) is 9.69 Å². The van der Waals surface area contributed by atoms with Crippen molar-refractivity contribution < 1.29 is 15.0 Å². The van der Waals surface area contributed by atoms with Gasteiger partial charge in [-0.2, -0.15) is 0 Å². The minimum Gasteiger partial charge on any atom is -0.481 e. The molecule has 0 amide bonds. The third-order valence-electron chi connectivity index (χ3n) is 2.70. The highest BCUT2D eigenvalue weighted by atomic mass is 16.4. The van der Waals surface area contributed by atoms with Crippen LogP contribution in [0.15, 0.2) is 0 Å². The monoisotopic (exact) mass is 216 g/mol. The number of aliphatic carboxylic acids is 1. The lowest BCUT2D eigenvalue weighted by Gasteiger charge is -2.24. The van der Waals surface area contributed by atoms with E-state index in [1.807, 2.05) is 4.90 Å². The lowest BCUT2D eigenvalue weighted by molar-refractivity contribution is -0.137. The topological polar surface area (TPSA) is 72.8 Å². The predicted molar refractivity (Wildman–Crippen MR) is 56.8 cm³/mol. The fourth-order valence-corrected chi connectivity index (χ4v) is 1.91. The number of carboxylic acids is 1. The SMILES string of the molecule is O=C(O)CCN(CCO)CC1CCCN1. The Hall–Kier alpha value is -0.650. The number of carboxylic acid groups (broad SMARTS) is 1. The van der Waals surface area contributed by atoms with Crippen LogP contribution in [0.5, 0.6) is 0 Å². The number of hydrogen-bond acceptors (Lipinski definition) is 4. The first-order valence-electron chi connectivity index (χ1n) is 5.50. The number of rotatable bonds is 7. The fraction of sp³-hybridized carbons (Fsp3) is 0.900. The number of nitrogens with zero attached hydrogens (tertiary/aromatic N) is 1. The summed E-state index contributed by atoms with van der Waals surface area (Å²) in [5.74, 6) is -0.780. The number of nitrogens with one attached hydrogen (secondary N) is 1. The summed E-state index contributed by atoms with van der Waals surface area (Å²) >= 11 is 0. The van der Waals surface area contributed by atoms with Crippen LogP contribution in [0.2, 0.25) is 0 Å². The van der Waals surface area contributed by atoms with Crippen molar-refractivity contribution in [3.05, 3.63) is 0 Å². The maximum Gasteiger partial charge on any atom is 0.304 e. The molecule has 0 bridgehead atoms. The molecule has 0 aromatic heterocycles. The zero-order chi connectivity index (χ0) is 11.1. The summed E-state index contributed by atoms with van der Waals surface area (Å²) in [6, 6.07) is 0.463. The molecule has 1 aliphatic rings. The lowest BCUT2D eigenvalue weighted by atomic mass is 10.2. The van der Waals surface area contributed by atoms with Gasteiger partial charge in [-0.15, -0.1) is 0 Å². The van der Waals surface area contributed by atoms with Gasteiger partial charge in [0.05, 0.1) is 13.0 Å². The van der Waals surface area contributed by atoms with Crippen molar-refractivity contribution in [2.75, 3.05) is 32.8 Å². The van der Waals surface area contributed by atoms with Gasteiger partial charge in [0.1, 0.15) is 0 Å². The molecular formula is C10H20N2O3. The summed E-state index contributed by atoms with van der Waals surface area (Å²) in [6.07, 6.45) is 2.48. The minimum atomic E-state index is -0.780. The minimum absolute atomic E-state index is 0.0896. The number of aliphatic hydroxyl groups excluding tert-OH is 1. The Morgan fingerprint density at radius 2 is 2.27 bits per heavy atom. The highest BCUT2D eigenvalue weighted by Crippen LogP contribution is 2.07. The van der Waals surface area contributed by atoms with Gasteiger partial charge in [0.15, 0.2) is 0 Å². The van der Waals surface area contributed by atoms with E-state index < -0.39 is 5.97 Å². The highest BCUT2D eigenvalue weighted by Gasteiger charge is 2.17. The molecule has 1 unspecified atom stereocenters. The Labute approximate surface area is 90.1 Å². The lowest BCUT2D eigenvalue weighted by Crippen LogP contribution is -2.39. The van der Waals surface area contributed by atoms with Crippen LogP contribution in [0.4, 0.5) is 0 Å². The van der Waals surface area contributed by atoms with Crippen LogP contribution >= 0.6 is 0 Å². The first-order valence-corrected chi connectivity index (χ1v) is 5.50. The molecule has 15 heavy (non-hydrogen) atoms. The molecule has 0 aromatic carbocycles. The predicted octanol–water partition coefficient (Wildman–Crippen LogP) is -0.493. The normalized spacial score (nSPS) is 21.1. The summed E-state index contributed by atoms with van der Waals surface area (Å²) in [4.78, 5) is 12.5. The molecule has 0 aliphatic carbocycles. The second-order valence-electron chi connectivity index (χ2n) is 3.96. The zero-order valence-corrected chi connectivity index (χ0v) is 8.98. The Morgan fingerprint density at radius 1 is 1.47 bits per heavy atom. The third-order valence-corrected chi connectivity index (χ3v) is 2.70. The fourth-order valence-electron chi connectivity index (χ4n) is 1.91. The van der Waals surface area contributed by atoms with Crippen molar-refractivity contribution >= 4 is 5.97 Å². The molecule has 0 spiro atoms. The largest absolute Gasteiger partial charge is 0.481 e. The molecule has 1 atom stereocenters. The van der Waals surface area contributed by atoms with Gasteiger partial charge >= 0.3 is 5.97 Å². The first kappa shape index (κ1) is 12.4. The van der Waals surface area contributed by atoms with E-state index in [1.165, 1.54) is 6.42 Å². The Balaban J connectivity index is 2.25. The van der Waals surface area contributed by atoms with Crippen LogP contribution in [0, 0.1) is 0 Å². The molecule has 3 N–H and O–H groups in total. The highest BCUT2D eigenvalue weighted by molar-refractivity contribution is 5.66. The Morgan fingerprint density at radius 3 is 2.80 bits per heavy atom. The van der Waals surface area contributed by atoms with E-state index in [4.69, 9.17) is 10.2 Å². The number of hydrogen-bond donors (Lipinski definition) is 3. The van der Waals surface area contributed by atoms with Crippen LogP contribution in [0.3, 0.4) is 0 Å². The Bertz CT molecular complexity index is 193. The molecular weight excluding hydrogens is 196 g/mol. The molecule has 0 radical (unpaired) electrons. The van der Waals surface area contributed by atoms with Crippen molar-refractivity contribution in [1.82, 2.24) is 10.2 Å². The van der Waals surface area contributed by atoms with Crippen LogP contribution in [0.1, 0.15) is 19.3 Å². The average molecular weight is 216 g/mol. The van der Waals surface area contributed by atoms with Crippen LogP contribution in [-0.4, -0.2) is 59.9 Å². The molecule has 5 heteroatoms. The quantitative estimate of drug-likeness (QED) is 0.535. The molecule has 1 aliphatic heterocycles. The average Bonchev–Trinajstić information content (AvgIpc) is 2.67. The van der Waals surface area contributed by atoms with Crippen molar-refractivity contribution in [3.8, 4) is 0 Å². The third kappa shape index (κ3) is 5.11. The first-order chi connectivity index (χ1) is 7.22. The van der Waals surface area contributed by atoms with Crippen LogP contribution in [0.25, 0.3) is 0 Å². The van der Waals surface area contributed by atoms with E-state index in [0.717, 1.165) is 19.5 Å². The van der Waals surface area contributed by atoms with Crippen molar-refractivity contribution in [3.63, 3.8) is 0 Å². The zero-order valence-electron chi connectivity index (χ0n) is 8.98. The Kier molecular flexibility index (Phi) is 5.60. The van der Waals surface area contributed by atoms with Crippen LogP contribution < -0.4 is 5.32 Å². The molecule has 5 nitrogen and oxygen atoms in total. The molecule has 1 rings (SSSR count). The summed E-state index contributed by atoms with van der Waals surface area (Å²) in [5, 5.41) is 20.8. The van der Waals surface area contributed by atoms with E-state index in [0.29, 0.717) is 19.1 Å². The van der Waals surface area contributed by atoms with Gasteiger partial charge in [-0.1, -0.05) is 0 Å². The van der Waals surface area contributed by atoms with E-state index in [2.05, 4.69) is 5.32 Å². The summed E-state index contributed by atoms with van der Waals surface area (Å²) in [7, 11) is 0. The van der Waals surface area contributed by atoms with Gasteiger partial charge < -0.3 is 15.5 Å². The maximum absolute atomic E-state index is 10.4. The number of carbonyl (C=O) groups is 1. The molecule has 0 aromatic rings. The van der Waals surface area contributed by atoms with Crippen LogP contribution in [-0.2, 0) is 4.79 Å². The van der Waals surface area contributed by atoms with Crippen molar-refractivity contribution in [2.24, 2.45) is 0 Å². The smallest absolute Gasteiger partial charge is 0.304 e. The molecule has 1 heterocycles. The standard InChI is InChI=1S/C10H20N2O3/c13-7-6-12(5-3-10(14)15)8-9-2-1-4-11-9/h9,11,13H,1-8H2,(H,14,15). The molecule has 88 valence electrons. The van der Waals surface area contributed by atoms with Crippen molar-refractivity contribution in [2.45, 2.75) is 25.3 Å². The van der Waals surface area contributed by atoms with E-state index in [1.54, 1.807) is 0 Å².